The lowest BCUT2D eigenvalue weighted by Gasteiger charge is -2.37. The highest BCUT2D eigenvalue weighted by Gasteiger charge is 2.35. The van der Waals surface area contributed by atoms with E-state index >= 15 is 0 Å². The standard InChI is InChI=1S/C13H26N2/c1-11-7-12(11)8-15(3)10-13(2)5-4-6-14-9-13/h11-12,14H,4-10H2,1-3H3. The molecule has 0 aromatic carbocycles. The van der Waals surface area contributed by atoms with Crippen molar-refractivity contribution in [2.75, 3.05) is 33.2 Å². The molecule has 1 aliphatic carbocycles. The smallest absolute Gasteiger partial charge is 0.00446 e. The minimum absolute atomic E-state index is 0.519. The Morgan fingerprint density at radius 1 is 1.47 bits per heavy atom. The van der Waals surface area contributed by atoms with Crippen molar-refractivity contribution >= 4 is 0 Å². The van der Waals surface area contributed by atoms with Crippen molar-refractivity contribution in [3.63, 3.8) is 0 Å². The van der Waals surface area contributed by atoms with Gasteiger partial charge in [-0.3, -0.25) is 0 Å². The second-order valence-corrected chi connectivity index (χ2v) is 6.26. The minimum atomic E-state index is 0.519. The molecule has 0 aromatic rings. The third kappa shape index (κ3) is 3.18. The second kappa shape index (κ2) is 4.42. The largest absolute Gasteiger partial charge is 0.316 e. The molecule has 1 N–H and O–H groups in total. The van der Waals surface area contributed by atoms with Crippen LogP contribution in [0.3, 0.4) is 0 Å². The van der Waals surface area contributed by atoms with Gasteiger partial charge in [-0.15, -0.1) is 0 Å². The number of hydrogen-bond donors (Lipinski definition) is 1. The van der Waals surface area contributed by atoms with Gasteiger partial charge in [-0.25, -0.2) is 0 Å². The van der Waals surface area contributed by atoms with E-state index in [9.17, 15) is 0 Å². The van der Waals surface area contributed by atoms with Crippen LogP contribution in [0, 0.1) is 17.3 Å². The van der Waals surface area contributed by atoms with Crippen LogP contribution in [0.15, 0.2) is 0 Å². The van der Waals surface area contributed by atoms with E-state index in [0.29, 0.717) is 5.41 Å². The summed E-state index contributed by atoms with van der Waals surface area (Å²) in [7, 11) is 2.30. The predicted molar refractivity (Wildman–Crippen MR) is 65.0 cm³/mol. The molecule has 1 heterocycles. The Hall–Kier alpha value is -0.0800. The number of piperidine rings is 1. The monoisotopic (exact) mass is 210 g/mol. The van der Waals surface area contributed by atoms with Gasteiger partial charge in [0.15, 0.2) is 0 Å². The first-order valence-corrected chi connectivity index (χ1v) is 6.48. The highest BCUT2D eigenvalue weighted by atomic mass is 15.1. The molecule has 0 radical (unpaired) electrons. The third-order valence-corrected chi connectivity index (χ3v) is 4.16. The summed E-state index contributed by atoms with van der Waals surface area (Å²) >= 11 is 0. The molecule has 2 fully saturated rings. The number of nitrogens with one attached hydrogen (secondary N) is 1. The fourth-order valence-electron chi connectivity index (χ4n) is 3.02. The van der Waals surface area contributed by atoms with Gasteiger partial charge in [-0.1, -0.05) is 13.8 Å². The van der Waals surface area contributed by atoms with Crippen molar-refractivity contribution in [3.05, 3.63) is 0 Å². The van der Waals surface area contributed by atoms with E-state index in [1.807, 2.05) is 0 Å². The van der Waals surface area contributed by atoms with E-state index in [1.54, 1.807) is 0 Å². The summed E-state index contributed by atoms with van der Waals surface area (Å²) in [6.45, 7) is 9.82. The van der Waals surface area contributed by atoms with Gasteiger partial charge in [-0.2, -0.15) is 0 Å². The Labute approximate surface area is 94.4 Å². The van der Waals surface area contributed by atoms with Gasteiger partial charge in [0, 0.05) is 19.6 Å². The Morgan fingerprint density at radius 3 is 2.73 bits per heavy atom. The van der Waals surface area contributed by atoms with Crippen LogP contribution in [-0.4, -0.2) is 38.1 Å². The van der Waals surface area contributed by atoms with Crippen LogP contribution < -0.4 is 5.32 Å². The van der Waals surface area contributed by atoms with Gasteiger partial charge in [0.05, 0.1) is 0 Å². The zero-order valence-electron chi connectivity index (χ0n) is 10.6. The van der Waals surface area contributed by atoms with E-state index in [-0.39, 0.29) is 0 Å². The molecule has 2 aliphatic rings. The summed E-state index contributed by atoms with van der Waals surface area (Å²) in [5, 5.41) is 3.53. The first-order valence-electron chi connectivity index (χ1n) is 6.48. The van der Waals surface area contributed by atoms with Gasteiger partial charge in [-0.05, 0) is 50.1 Å². The Kier molecular flexibility index (Phi) is 3.36. The molecule has 3 atom stereocenters. The number of rotatable bonds is 4. The molecule has 88 valence electrons. The maximum atomic E-state index is 3.53. The minimum Gasteiger partial charge on any atom is -0.316 e. The van der Waals surface area contributed by atoms with Crippen LogP contribution in [0.5, 0.6) is 0 Å². The second-order valence-electron chi connectivity index (χ2n) is 6.26. The maximum Gasteiger partial charge on any atom is 0.00446 e. The lowest BCUT2D eigenvalue weighted by atomic mass is 9.82. The highest BCUT2D eigenvalue weighted by Crippen LogP contribution is 2.38. The topological polar surface area (TPSA) is 15.3 Å². The van der Waals surface area contributed by atoms with Crippen molar-refractivity contribution in [1.29, 1.82) is 0 Å². The van der Waals surface area contributed by atoms with Gasteiger partial charge >= 0.3 is 0 Å². The molecule has 1 saturated heterocycles. The highest BCUT2D eigenvalue weighted by molar-refractivity contribution is 4.88. The molecular formula is C13H26N2. The van der Waals surface area contributed by atoms with E-state index in [2.05, 4.69) is 31.1 Å². The quantitative estimate of drug-likeness (QED) is 0.763. The summed E-state index contributed by atoms with van der Waals surface area (Å²) in [5.41, 5.74) is 0.519. The van der Waals surface area contributed by atoms with Crippen LogP contribution in [0.4, 0.5) is 0 Å². The molecule has 1 aliphatic heterocycles. The number of nitrogens with zero attached hydrogens (tertiary/aromatic N) is 1. The van der Waals surface area contributed by atoms with Crippen LogP contribution in [-0.2, 0) is 0 Å². The lowest BCUT2D eigenvalue weighted by Crippen LogP contribution is -2.45. The van der Waals surface area contributed by atoms with Gasteiger partial charge in [0.1, 0.15) is 0 Å². The Bertz CT molecular complexity index is 209. The molecular weight excluding hydrogens is 184 g/mol. The van der Waals surface area contributed by atoms with Crippen molar-refractivity contribution < 1.29 is 0 Å². The molecule has 2 nitrogen and oxygen atoms in total. The summed E-state index contributed by atoms with van der Waals surface area (Å²) in [6, 6.07) is 0. The normalized spacial score (nSPS) is 40.8. The summed E-state index contributed by atoms with van der Waals surface area (Å²) in [4.78, 5) is 2.56. The zero-order valence-corrected chi connectivity index (χ0v) is 10.6. The molecule has 2 heteroatoms. The van der Waals surface area contributed by atoms with Gasteiger partial charge in [0.25, 0.3) is 0 Å². The van der Waals surface area contributed by atoms with Crippen molar-refractivity contribution in [1.82, 2.24) is 10.2 Å². The van der Waals surface area contributed by atoms with Crippen LogP contribution in [0.2, 0.25) is 0 Å². The average Bonchev–Trinajstić information content (AvgIpc) is 2.81. The first-order chi connectivity index (χ1) is 7.09. The van der Waals surface area contributed by atoms with E-state index < -0.39 is 0 Å². The molecule has 0 aromatic heterocycles. The number of hydrogen-bond acceptors (Lipinski definition) is 2. The van der Waals surface area contributed by atoms with Crippen molar-refractivity contribution in [2.45, 2.75) is 33.1 Å². The summed E-state index contributed by atoms with van der Waals surface area (Å²) in [6.07, 6.45) is 4.20. The molecule has 15 heavy (non-hydrogen) atoms. The van der Waals surface area contributed by atoms with Gasteiger partial charge < -0.3 is 10.2 Å². The molecule has 2 rings (SSSR count). The zero-order chi connectivity index (χ0) is 10.9. The molecule has 0 amide bonds. The van der Waals surface area contributed by atoms with E-state index in [1.165, 1.54) is 45.4 Å². The predicted octanol–water partition coefficient (Wildman–Crippen LogP) is 1.96. The van der Waals surface area contributed by atoms with Gasteiger partial charge in [0.2, 0.25) is 0 Å². The van der Waals surface area contributed by atoms with E-state index in [4.69, 9.17) is 0 Å². The third-order valence-electron chi connectivity index (χ3n) is 4.16. The van der Waals surface area contributed by atoms with Crippen LogP contribution in [0.1, 0.15) is 33.1 Å². The lowest BCUT2D eigenvalue weighted by molar-refractivity contribution is 0.148. The Balaban J connectivity index is 1.74. The molecule has 0 spiro atoms. The van der Waals surface area contributed by atoms with Crippen molar-refractivity contribution in [2.24, 2.45) is 17.3 Å². The SMILES string of the molecule is CC1CC1CN(C)CC1(C)CCCNC1. The van der Waals surface area contributed by atoms with Crippen LogP contribution in [0.25, 0.3) is 0 Å². The average molecular weight is 210 g/mol. The Morgan fingerprint density at radius 2 is 2.20 bits per heavy atom. The fourth-order valence-corrected chi connectivity index (χ4v) is 3.02. The molecule has 0 bridgehead atoms. The van der Waals surface area contributed by atoms with Crippen LogP contribution >= 0.6 is 0 Å². The molecule has 1 saturated carbocycles. The molecule has 3 unspecified atom stereocenters. The van der Waals surface area contributed by atoms with E-state index in [0.717, 1.165) is 11.8 Å². The summed E-state index contributed by atoms with van der Waals surface area (Å²) < 4.78 is 0. The fraction of sp³-hybridized carbons (Fsp3) is 1.00. The van der Waals surface area contributed by atoms with Crippen molar-refractivity contribution in [3.8, 4) is 0 Å². The summed E-state index contributed by atoms with van der Waals surface area (Å²) in [5.74, 6) is 1.99. The first kappa shape index (κ1) is 11.4. The maximum absolute atomic E-state index is 3.53.